The van der Waals surface area contributed by atoms with Crippen molar-refractivity contribution in [2.24, 2.45) is 0 Å². The summed E-state index contributed by atoms with van der Waals surface area (Å²) in [6, 6.07) is 19.0. The first kappa shape index (κ1) is 20.7. The smallest absolute Gasteiger partial charge is 0.253 e. The molecule has 7 nitrogen and oxygen atoms in total. The third-order valence-electron chi connectivity index (χ3n) is 5.62. The lowest BCUT2D eigenvalue weighted by Crippen LogP contribution is -2.46. The normalized spacial score (nSPS) is 13.4. The average molecular weight is 438 g/mol. The summed E-state index contributed by atoms with van der Waals surface area (Å²) >= 11 is 0. The van der Waals surface area contributed by atoms with Gasteiger partial charge in [0.1, 0.15) is 11.4 Å². The molecule has 0 spiro atoms. The predicted octanol–water partition coefficient (Wildman–Crippen LogP) is 2.85. The molecule has 0 bridgehead atoms. The molecule has 33 heavy (non-hydrogen) atoms. The molecule has 0 saturated carbocycles. The highest BCUT2D eigenvalue weighted by Crippen LogP contribution is 2.19. The van der Waals surface area contributed by atoms with Crippen molar-refractivity contribution in [3.8, 4) is 28.8 Å². The second-order valence-corrected chi connectivity index (χ2v) is 7.73. The van der Waals surface area contributed by atoms with Crippen LogP contribution in [0, 0.1) is 11.8 Å². The van der Waals surface area contributed by atoms with Gasteiger partial charge in [0.05, 0.1) is 19.0 Å². The highest BCUT2D eigenvalue weighted by atomic mass is 16.5. The Bertz CT molecular complexity index is 1340. The fourth-order valence-corrected chi connectivity index (χ4v) is 3.76. The lowest BCUT2D eigenvalue weighted by molar-refractivity contribution is 0.0736. The fourth-order valence-electron chi connectivity index (χ4n) is 3.76. The minimum Gasteiger partial charge on any atom is -0.497 e. The monoisotopic (exact) mass is 437 g/mol. The standard InChI is InChI=1S/C26H23N5O2/c1-33-23-10-3-19(4-11-23)2-9-22-18-28-25-13-12-24(29-31(22)25)20-5-7-21(8-6-20)26(32)30-16-14-27-15-17-30/h3-8,10-13,18,27H,14-17H2,1H3. The molecule has 2 aromatic heterocycles. The molecule has 1 saturated heterocycles. The van der Waals surface area contributed by atoms with Crippen LogP contribution >= 0.6 is 0 Å². The van der Waals surface area contributed by atoms with E-state index in [1.54, 1.807) is 17.8 Å². The number of amides is 1. The van der Waals surface area contributed by atoms with Crippen molar-refractivity contribution in [2.45, 2.75) is 0 Å². The van der Waals surface area contributed by atoms with E-state index in [9.17, 15) is 4.79 Å². The molecule has 0 unspecified atom stereocenters. The summed E-state index contributed by atoms with van der Waals surface area (Å²) in [5.74, 6) is 7.16. The summed E-state index contributed by atoms with van der Waals surface area (Å²) in [4.78, 5) is 19.0. The average Bonchev–Trinajstić information content (AvgIpc) is 3.30. The van der Waals surface area contributed by atoms with Crippen molar-refractivity contribution in [3.63, 3.8) is 0 Å². The maximum atomic E-state index is 12.7. The molecule has 0 aliphatic carbocycles. The number of piperazine rings is 1. The van der Waals surface area contributed by atoms with Crippen LogP contribution in [0.5, 0.6) is 5.75 Å². The van der Waals surface area contributed by atoms with Crippen LogP contribution in [0.25, 0.3) is 16.9 Å². The molecule has 2 aromatic carbocycles. The molecule has 7 heteroatoms. The van der Waals surface area contributed by atoms with E-state index in [-0.39, 0.29) is 5.91 Å². The third kappa shape index (κ3) is 4.43. The van der Waals surface area contributed by atoms with Crippen molar-refractivity contribution in [2.75, 3.05) is 33.3 Å². The van der Waals surface area contributed by atoms with Crippen molar-refractivity contribution in [1.82, 2.24) is 24.8 Å². The molecular formula is C26H23N5O2. The van der Waals surface area contributed by atoms with Crippen molar-refractivity contribution < 1.29 is 9.53 Å². The van der Waals surface area contributed by atoms with Gasteiger partial charge < -0.3 is 15.0 Å². The summed E-state index contributed by atoms with van der Waals surface area (Å²) < 4.78 is 6.93. The van der Waals surface area contributed by atoms with E-state index in [1.807, 2.05) is 65.6 Å². The Balaban J connectivity index is 1.39. The summed E-state index contributed by atoms with van der Waals surface area (Å²) in [5.41, 5.74) is 4.71. The Labute approximate surface area is 192 Å². The van der Waals surface area contributed by atoms with Gasteiger partial charge in [-0.25, -0.2) is 9.50 Å². The van der Waals surface area contributed by atoms with Crippen molar-refractivity contribution in [1.29, 1.82) is 0 Å². The van der Waals surface area contributed by atoms with Crippen molar-refractivity contribution in [3.05, 3.63) is 83.7 Å². The number of rotatable bonds is 3. The van der Waals surface area contributed by atoms with Gasteiger partial charge in [0.15, 0.2) is 5.65 Å². The number of ether oxygens (including phenoxy) is 1. The summed E-state index contributed by atoms with van der Waals surface area (Å²) in [5, 5.41) is 8.00. The first-order valence-corrected chi connectivity index (χ1v) is 10.8. The molecule has 1 N–H and O–H groups in total. The zero-order valence-electron chi connectivity index (χ0n) is 18.3. The van der Waals surface area contributed by atoms with Gasteiger partial charge in [-0.3, -0.25) is 4.79 Å². The first-order chi connectivity index (χ1) is 16.2. The number of aromatic nitrogens is 3. The van der Waals surface area contributed by atoms with E-state index >= 15 is 0 Å². The number of hydrogen-bond donors (Lipinski definition) is 1. The zero-order valence-corrected chi connectivity index (χ0v) is 18.3. The predicted molar refractivity (Wildman–Crippen MR) is 126 cm³/mol. The Hall–Kier alpha value is -4.15. The molecular weight excluding hydrogens is 414 g/mol. The van der Waals surface area contributed by atoms with E-state index in [1.165, 1.54) is 0 Å². The van der Waals surface area contributed by atoms with Crippen LogP contribution in [-0.2, 0) is 0 Å². The summed E-state index contributed by atoms with van der Waals surface area (Å²) in [6.45, 7) is 3.14. The SMILES string of the molecule is COc1ccc(C#Cc2cnc3ccc(-c4ccc(C(=O)N5CCNCC5)cc4)nn23)cc1. The second kappa shape index (κ2) is 9.15. The Kier molecular flexibility index (Phi) is 5.75. The number of fused-ring (bicyclic) bond motifs is 1. The highest BCUT2D eigenvalue weighted by Gasteiger charge is 2.18. The van der Waals surface area contributed by atoms with Gasteiger partial charge in [-0.15, -0.1) is 0 Å². The third-order valence-corrected chi connectivity index (χ3v) is 5.62. The molecule has 5 rings (SSSR count). The summed E-state index contributed by atoms with van der Waals surface area (Å²) in [6.07, 6.45) is 1.72. The number of imidazole rings is 1. The zero-order chi connectivity index (χ0) is 22.6. The minimum absolute atomic E-state index is 0.0668. The van der Waals surface area contributed by atoms with E-state index in [0.717, 1.165) is 54.4 Å². The van der Waals surface area contributed by atoms with Crippen LogP contribution < -0.4 is 10.1 Å². The van der Waals surface area contributed by atoms with Crippen LogP contribution in [0.15, 0.2) is 66.9 Å². The number of methoxy groups -OCH3 is 1. The van der Waals surface area contributed by atoms with Gasteiger partial charge in [0.2, 0.25) is 0 Å². The Morgan fingerprint density at radius 1 is 0.970 bits per heavy atom. The van der Waals surface area contributed by atoms with Gasteiger partial charge >= 0.3 is 0 Å². The van der Waals surface area contributed by atoms with Gasteiger partial charge in [0, 0.05) is 42.9 Å². The quantitative estimate of drug-likeness (QED) is 0.499. The van der Waals surface area contributed by atoms with Crippen LogP contribution in [0.3, 0.4) is 0 Å². The van der Waals surface area contributed by atoms with E-state index in [2.05, 4.69) is 22.1 Å². The number of hydrogen-bond acceptors (Lipinski definition) is 5. The van der Waals surface area contributed by atoms with E-state index in [4.69, 9.17) is 9.84 Å². The maximum absolute atomic E-state index is 12.7. The highest BCUT2D eigenvalue weighted by molar-refractivity contribution is 5.94. The molecule has 4 aromatic rings. The van der Waals surface area contributed by atoms with Gasteiger partial charge in [-0.05, 0) is 54.5 Å². The van der Waals surface area contributed by atoms with E-state index in [0.29, 0.717) is 11.3 Å². The first-order valence-electron chi connectivity index (χ1n) is 10.8. The molecule has 0 radical (unpaired) electrons. The minimum atomic E-state index is 0.0668. The molecule has 1 amide bonds. The molecule has 1 aliphatic rings. The van der Waals surface area contributed by atoms with Crippen LogP contribution in [0.2, 0.25) is 0 Å². The van der Waals surface area contributed by atoms with Gasteiger partial charge in [-0.2, -0.15) is 5.10 Å². The number of nitrogens with one attached hydrogen (secondary N) is 1. The van der Waals surface area contributed by atoms with Crippen LogP contribution in [0.1, 0.15) is 21.6 Å². The molecule has 1 aliphatic heterocycles. The van der Waals surface area contributed by atoms with E-state index < -0.39 is 0 Å². The number of carbonyl (C=O) groups excluding carboxylic acids is 1. The lowest BCUT2D eigenvalue weighted by atomic mass is 10.1. The lowest BCUT2D eigenvalue weighted by Gasteiger charge is -2.27. The van der Waals surface area contributed by atoms with Gasteiger partial charge in [0.25, 0.3) is 5.91 Å². The van der Waals surface area contributed by atoms with Crippen LogP contribution in [0.4, 0.5) is 0 Å². The number of carbonyl (C=O) groups is 1. The molecule has 1 fully saturated rings. The maximum Gasteiger partial charge on any atom is 0.253 e. The fraction of sp³-hybridized carbons (Fsp3) is 0.192. The molecule has 164 valence electrons. The van der Waals surface area contributed by atoms with Crippen molar-refractivity contribution >= 4 is 11.6 Å². The molecule has 3 heterocycles. The number of benzene rings is 2. The topological polar surface area (TPSA) is 71.8 Å². The largest absolute Gasteiger partial charge is 0.497 e. The second-order valence-electron chi connectivity index (χ2n) is 7.73. The number of nitrogens with zero attached hydrogens (tertiary/aromatic N) is 4. The molecule has 0 atom stereocenters. The van der Waals surface area contributed by atoms with Gasteiger partial charge in [-0.1, -0.05) is 18.1 Å². The van der Waals surface area contributed by atoms with Crippen LogP contribution in [-0.4, -0.2) is 58.7 Å². The Morgan fingerprint density at radius 2 is 1.73 bits per heavy atom. The summed E-state index contributed by atoms with van der Waals surface area (Å²) in [7, 11) is 1.64. The Morgan fingerprint density at radius 3 is 2.45 bits per heavy atom.